The van der Waals surface area contributed by atoms with Crippen LogP contribution in [0.3, 0.4) is 0 Å². The molecule has 5 heteroatoms. The Balaban J connectivity index is 2.03. The van der Waals surface area contributed by atoms with Crippen LogP contribution in [0.5, 0.6) is 0 Å². The molecule has 22 heavy (non-hydrogen) atoms. The summed E-state index contributed by atoms with van der Waals surface area (Å²) in [4.78, 5) is 17.3. The molecule has 1 saturated heterocycles. The lowest BCUT2D eigenvalue weighted by Crippen LogP contribution is -2.50. The van der Waals surface area contributed by atoms with Crippen molar-refractivity contribution in [3.63, 3.8) is 0 Å². The van der Waals surface area contributed by atoms with Crippen LogP contribution in [0.2, 0.25) is 0 Å². The molecule has 5 nitrogen and oxygen atoms in total. The van der Waals surface area contributed by atoms with Crippen LogP contribution in [0.25, 0.3) is 0 Å². The van der Waals surface area contributed by atoms with Gasteiger partial charge in [0.2, 0.25) is 5.91 Å². The molecule has 0 spiro atoms. The Bertz CT molecular complexity index is 443. The van der Waals surface area contributed by atoms with Crippen molar-refractivity contribution in [2.75, 3.05) is 52.9 Å². The van der Waals surface area contributed by atoms with Crippen molar-refractivity contribution in [3.8, 4) is 0 Å². The van der Waals surface area contributed by atoms with E-state index in [4.69, 9.17) is 0 Å². The van der Waals surface area contributed by atoms with Crippen LogP contribution < -0.4 is 10.6 Å². The number of nitrogens with zero attached hydrogens (tertiary/aromatic N) is 2. The molecule has 0 saturated carbocycles. The van der Waals surface area contributed by atoms with Crippen molar-refractivity contribution < 1.29 is 4.79 Å². The number of nitrogens with one attached hydrogen (secondary N) is 2. The van der Waals surface area contributed by atoms with Crippen molar-refractivity contribution in [2.45, 2.75) is 13.0 Å². The lowest BCUT2D eigenvalue weighted by Gasteiger charge is -2.37. The van der Waals surface area contributed by atoms with Crippen LogP contribution in [0.4, 0.5) is 0 Å². The van der Waals surface area contributed by atoms with Gasteiger partial charge in [0.1, 0.15) is 6.04 Å². The number of benzene rings is 1. The minimum Gasteiger partial charge on any atom is -0.353 e. The molecule has 1 amide bonds. The molecular formula is C17H28N4O. The van der Waals surface area contributed by atoms with E-state index in [1.165, 1.54) is 0 Å². The summed E-state index contributed by atoms with van der Waals surface area (Å²) in [6.45, 7) is 8.35. The Morgan fingerprint density at radius 1 is 1.14 bits per heavy atom. The third kappa shape index (κ3) is 4.80. The van der Waals surface area contributed by atoms with E-state index >= 15 is 0 Å². The van der Waals surface area contributed by atoms with Gasteiger partial charge in [0.25, 0.3) is 0 Å². The Morgan fingerprint density at radius 2 is 1.82 bits per heavy atom. The van der Waals surface area contributed by atoms with Gasteiger partial charge in [-0.05, 0) is 19.2 Å². The summed E-state index contributed by atoms with van der Waals surface area (Å²) in [5.74, 6) is 0.105. The molecule has 1 heterocycles. The maximum atomic E-state index is 12.7. The standard InChI is InChI=1S/C17H28N4O/c1-3-18-9-10-19-17(22)16(15-7-5-4-6-8-15)21-13-11-20(2)12-14-21/h4-8,16,18H,3,9-14H2,1-2H3,(H,19,22). The zero-order chi connectivity index (χ0) is 15.8. The first-order valence-electron chi connectivity index (χ1n) is 8.18. The van der Waals surface area contributed by atoms with Gasteiger partial charge in [-0.1, -0.05) is 37.3 Å². The van der Waals surface area contributed by atoms with Gasteiger partial charge in [0.05, 0.1) is 0 Å². The van der Waals surface area contributed by atoms with Gasteiger partial charge in [0, 0.05) is 39.3 Å². The molecular weight excluding hydrogens is 276 g/mol. The Morgan fingerprint density at radius 3 is 2.45 bits per heavy atom. The lowest BCUT2D eigenvalue weighted by atomic mass is 10.0. The highest BCUT2D eigenvalue weighted by atomic mass is 16.2. The average molecular weight is 304 g/mol. The fraction of sp³-hybridized carbons (Fsp3) is 0.588. The van der Waals surface area contributed by atoms with E-state index in [2.05, 4.69) is 34.4 Å². The molecule has 0 aliphatic carbocycles. The summed E-state index contributed by atoms with van der Waals surface area (Å²) < 4.78 is 0. The van der Waals surface area contributed by atoms with Crippen LogP contribution in [-0.2, 0) is 4.79 Å². The van der Waals surface area contributed by atoms with E-state index in [-0.39, 0.29) is 11.9 Å². The number of hydrogen-bond donors (Lipinski definition) is 2. The van der Waals surface area contributed by atoms with E-state index in [9.17, 15) is 4.79 Å². The van der Waals surface area contributed by atoms with E-state index < -0.39 is 0 Å². The molecule has 1 atom stereocenters. The smallest absolute Gasteiger partial charge is 0.242 e. The van der Waals surface area contributed by atoms with Crippen molar-refractivity contribution >= 4 is 5.91 Å². The van der Waals surface area contributed by atoms with Gasteiger partial charge in [-0.25, -0.2) is 0 Å². The van der Waals surface area contributed by atoms with Crippen molar-refractivity contribution in [2.24, 2.45) is 0 Å². The van der Waals surface area contributed by atoms with E-state index in [1.807, 2.05) is 30.3 Å². The number of carbonyl (C=O) groups is 1. The van der Waals surface area contributed by atoms with E-state index in [0.717, 1.165) is 44.8 Å². The minimum atomic E-state index is -0.184. The number of rotatable bonds is 7. The molecule has 1 aliphatic heterocycles. The molecule has 1 unspecified atom stereocenters. The first-order valence-corrected chi connectivity index (χ1v) is 8.18. The quantitative estimate of drug-likeness (QED) is 0.728. The van der Waals surface area contributed by atoms with Gasteiger partial charge >= 0.3 is 0 Å². The summed E-state index contributed by atoms with van der Waals surface area (Å²) in [6.07, 6.45) is 0. The molecule has 0 bridgehead atoms. The normalized spacial score (nSPS) is 18.1. The Kier molecular flexibility index (Phi) is 6.83. The lowest BCUT2D eigenvalue weighted by molar-refractivity contribution is -0.127. The van der Waals surface area contributed by atoms with Crippen LogP contribution in [0, 0.1) is 0 Å². The van der Waals surface area contributed by atoms with Crippen LogP contribution in [0.1, 0.15) is 18.5 Å². The summed E-state index contributed by atoms with van der Waals surface area (Å²) in [7, 11) is 2.13. The molecule has 122 valence electrons. The highest BCUT2D eigenvalue weighted by Gasteiger charge is 2.29. The third-order valence-electron chi connectivity index (χ3n) is 4.12. The number of piperazine rings is 1. The second kappa shape index (κ2) is 8.88. The second-order valence-corrected chi connectivity index (χ2v) is 5.80. The maximum absolute atomic E-state index is 12.7. The van der Waals surface area contributed by atoms with Gasteiger partial charge in [-0.3, -0.25) is 9.69 Å². The highest BCUT2D eigenvalue weighted by molar-refractivity contribution is 5.83. The number of hydrogen-bond acceptors (Lipinski definition) is 4. The minimum absolute atomic E-state index is 0.105. The fourth-order valence-corrected chi connectivity index (χ4v) is 2.79. The van der Waals surface area contributed by atoms with Crippen molar-refractivity contribution in [3.05, 3.63) is 35.9 Å². The summed E-state index contributed by atoms with van der Waals surface area (Å²) in [6, 6.07) is 9.92. The Hall–Kier alpha value is -1.43. The van der Waals surface area contributed by atoms with Gasteiger partial charge in [0.15, 0.2) is 0 Å². The number of carbonyl (C=O) groups excluding carboxylic acids is 1. The number of likely N-dealkylation sites (N-methyl/N-ethyl adjacent to an activating group) is 2. The van der Waals surface area contributed by atoms with Crippen LogP contribution in [-0.4, -0.2) is 68.6 Å². The molecule has 1 fully saturated rings. The van der Waals surface area contributed by atoms with Crippen molar-refractivity contribution in [1.29, 1.82) is 0 Å². The van der Waals surface area contributed by atoms with Gasteiger partial charge < -0.3 is 15.5 Å². The van der Waals surface area contributed by atoms with Crippen molar-refractivity contribution in [1.82, 2.24) is 20.4 Å². The summed E-state index contributed by atoms with van der Waals surface area (Å²) in [5.41, 5.74) is 1.08. The molecule has 2 rings (SSSR count). The zero-order valence-electron chi connectivity index (χ0n) is 13.7. The number of amides is 1. The molecule has 1 aliphatic rings. The second-order valence-electron chi connectivity index (χ2n) is 5.80. The largest absolute Gasteiger partial charge is 0.353 e. The topological polar surface area (TPSA) is 47.6 Å². The molecule has 2 N–H and O–H groups in total. The Labute approximate surface area is 133 Å². The third-order valence-corrected chi connectivity index (χ3v) is 4.12. The molecule has 1 aromatic rings. The molecule has 1 aromatic carbocycles. The highest BCUT2D eigenvalue weighted by Crippen LogP contribution is 2.22. The maximum Gasteiger partial charge on any atom is 0.242 e. The first-order chi connectivity index (χ1) is 10.7. The first kappa shape index (κ1) is 16.9. The summed E-state index contributed by atoms with van der Waals surface area (Å²) >= 11 is 0. The van der Waals surface area contributed by atoms with E-state index in [0.29, 0.717) is 6.54 Å². The fourth-order valence-electron chi connectivity index (χ4n) is 2.79. The van der Waals surface area contributed by atoms with Gasteiger partial charge in [-0.15, -0.1) is 0 Å². The predicted octanol–water partition coefficient (Wildman–Crippen LogP) is 0.701. The average Bonchev–Trinajstić information content (AvgIpc) is 2.55. The van der Waals surface area contributed by atoms with Crippen LogP contribution >= 0.6 is 0 Å². The SMILES string of the molecule is CCNCCNC(=O)C(c1ccccc1)N1CCN(C)CC1. The van der Waals surface area contributed by atoms with Gasteiger partial charge in [-0.2, -0.15) is 0 Å². The van der Waals surface area contributed by atoms with Crippen LogP contribution in [0.15, 0.2) is 30.3 Å². The zero-order valence-corrected chi connectivity index (χ0v) is 13.7. The molecule has 0 radical (unpaired) electrons. The molecule has 0 aromatic heterocycles. The predicted molar refractivity (Wildman–Crippen MR) is 89.8 cm³/mol. The summed E-state index contributed by atoms with van der Waals surface area (Å²) in [5, 5.41) is 6.30. The van der Waals surface area contributed by atoms with E-state index in [1.54, 1.807) is 0 Å². The monoisotopic (exact) mass is 304 g/mol.